The molecule has 0 radical (unpaired) electrons. The molecule has 0 bridgehead atoms. The van der Waals surface area contributed by atoms with Crippen LogP contribution in [0.4, 0.5) is 10.5 Å². The molecule has 6 heteroatoms. The molecule has 0 fully saturated rings. The molecular formula is C14H19BrN2O3. The van der Waals surface area contributed by atoms with Crippen LogP contribution in [0.1, 0.15) is 37.0 Å². The van der Waals surface area contributed by atoms with E-state index in [1.807, 2.05) is 0 Å². The zero-order valence-electron chi connectivity index (χ0n) is 11.6. The number of hydrogen-bond acceptors (Lipinski definition) is 2. The monoisotopic (exact) mass is 342 g/mol. The second-order valence-corrected chi connectivity index (χ2v) is 5.83. The Labute approximate surface area is 126 Å². The van der Waals surface area contributed by atoms with Crippen molar-refractivity contribution < 1.29 is 14.7 Å². The van der Waals surface area contributed by atoms with Crippen LogP contribution in [0.25, 0.3) is 0 Å². The van der Waals surface area contributed by atoms with Gasteiger partial charge in [0.25, 0.3) is 0 Å². The van der Waals surface area contributed by atoms with Crippen molar-refractivity contribution in [1.82, 2.24) is 5.32 Å². The van der Waals surface area contributed by atoms with Crippen molar-refractivity contribution in [2.24, 2.45) is 5.92 Å². The lowest BCUT2D eigenvalue weighted by molar-refractivity contribution is 0.0698. The number of halogens is 1. The summed E-state index contributed by atoms with van der Waals surface area (Å²) >= 11 is 3.25. The summed E-state index contributed by atoms with van der Waals surface area (Å²) in [6.07, 6.45) is 1.94. The van der Waals surface area contributed by atoms with E-state index in [-0.39, 0.29) is 11.3 Å². The molecule has 0 aliphatic carbocycles. The van der Waals surface area contributed by atoms with Crippen molar-refractivity contribution in [2.75, 3.05) is 11.9 Å². The van der Waals surface area contributed by atoms with Gasteiger partial charge in [-0.2, -0.15) is 0 Å². The normalized spacial score (nSPS) is 10.4. The molecule has 0 unspecified atom stereocenters. The molecule has 3 N–H and O–H groups in total. The zero-order valence-corrected chi connectivity index (χ0v) is 13.2. The molecule has 1 rings (SSSR count). The van der Waals surface area contributed by atoms with Gasteiger partial charge in [0.15, 0.2) is 0 Å². The predicted octanol–water partition coefficient (Wildman–Crippen LogP) is 3.71. The molecule has 0 saturated heterocycles. The molecule has 5 nitrogen and oxygen atoms in total. The highest BCUT2D eigenvalue weighted by molar-refractivity contribution is 9.10. The number of rotatable bonds is 6. The van der Waals surface area contributed by atoms with E-state index in [1.165, 1.54) is 6.07 Å². The summed E-state index contributed by atoms with van der Waals surface area (Å²) in [5.41, 5.74) is 0.332. The quantitative estimate of drug-likeness (QED) is 0.689. The summed E-state index contributed by atoms with van der Waals surface area (Å²) in [5.74, 6) is -0.476. The number of carboxylic acids is 1. The number of urea groups is 1. The minimum absolute atomic E-state index is 0.0607. The topological polar surface area (TPSA) is 78.4 Å². The van der Waals surface area contributed by atoms with Gasteiger partial charge in [-0.25, -0.2) is 9.59 Å². The Hall–Kier alpha value is -1.56. The van der Waals surface area contributed by atoms with Crippen LogP contribution < -0.4 is 10.6 Å². The Kier molecular flexibility index (Phi) is 6.51. The van der Waals surface area contributed by atoms with Gasteiger partial charge in [-0.05, 0) is 37.0 Å². The Balaban J connectivity index is 2.57. The third kappa shape index (κ3) is 5.61. The minimum atomic E-state index is -1.08. The van der Waals surface area contributed by atoms with E-state index in [0.29, 0.717) is 16.9 Å². The number of carboxylic acid groups (broad SMARTS) is 1. The first kappa shape index (κ1) is 16.5. The summed E-state index contributed by atoms with van der Waals surface area (Å²) in [5, 5.41) is 14.3. The summed E-state index contributed by atoms with van der Waals surface area (Å²) in [6.45, 7) is 4.82. The van der Waals surface area contributed by atoms with Crippen LogP contribution in [0, 0.1) is 5.92 Å². The first-order chi connectivity index (χ1) is 9.40. The number of benzene rings is 1. The number of carbonyl (C=O) groups is 2. The maximum atomic E-state index is 11.7. The minimum Gasteiger partial charge on any atom is -0.478 e. The molecule has 2 amide bonds. The van der Waals surface area contributed by atoms with Gasteiger partial charge in [-0.1, -0.05) is 29.8 Å². The van der Waals surface area contributed by atoms with Crippen LogP contribution in [-0.4, -0.2) is 23.7 Å². The van der Waals surface area contributed by atoms with Gasteiger partial charge in [0, 0.05) is 11.0 Å². The maximum Gasteiger partial charge on any atom is 0.337 e. The number of aromatic carboxylic acids is 1. The number of anilines is 1. The average Bonchev–Trinajstić information content (AvgIpc) is 2.34. The molecule has 0 spiro atoms. The van der Waals surface area contributed by atoms with Crippen molar-refractivity contribution in [3.8, 4) is 0 Å². The molecule has 0 aliphatic rings. The molecule has 110 valence electrons. The second kappa shape index (κ2) is 7.89. The van der Waals surface area contributed by atoms with Gasteiger partial charge < -0.3 is 15.7 Å². The Morgan fingerprint density at radius 2 is 2.05 bits per heavy atom. The largest absolute Gasteiger partial charge is 0.478 e. The lowest BCUT2D eigenvalue weighted by Crippen LogP contribution is -2.30. The molecule has 0 heterocycles. The van der Waals surface area contributed by atoms with E-state index in [2.05, 4.69) is 40.4 Å². The van der Waals surface area contributed by atoms with Crippen molar-refractivity contribution in [1.29, 1.82) is 0 Å². The van der Waals surface area contributed by atoms with Crippen LogP contribution in [0.15, 0.2) is 22.7 Å². The molecule has 1 aromatic carbocycles. The Morgan fingerprint density at radius 3 is 2.65 bits per heavy atom. The standard InChI is InChI=1S/C14H19BrN2O3/c1-9(2)4-3-7-16-14(20)17-12-8-10(15)5-6-11(12)13(18)19/h5-6,8-9H,3-4,7H2,1-2H3,(H,18,19)(H2,16,17,20). The summed E-state index contributed by atoms with van der Waals surface area (Å²) in [6, 6.07) is 4.24. The third-order valence-electron chi connectivity index (χ3n) is 2.70. The van der Waals surface area contributed by atoms with Gasteiger partial charge in [0.1, 0.15) is 0 Å². The van der Waals surface area contributed by atoms with E-state index >= 15 is 0 Å². The fourth-order valence-electron chi connectivity index (χ4n) is 1.69. The average molecular weight is 343 g/mol. The van der Waals surface area contributed by atoms with Crippen molar-refractivity contribution >= 4 is 33.6 Å². The molecule has 0 atom stereocenters. The van der Waals surface area contributed by atoms with E-state index < -0.39 is 12.0 Å². The molecule has 1 aromatic rings. The highest BCUT2D eigenvalue weighted by Gasteiger charge is 2.12. The van der Waals surface area contributed by atoms with Crippen LogP contribution in [-0.2, 0) is 0 Å². The highest BCUT2D eigenvalue weighted by atomic mass is 79.9. The molecular weight excluding hydrogens is 324 g/mol. The Morgan fingerprint density at radius 1 is 1.35 bits per heavy atom. The molecule has 0 saturated carbocycles. The van der Waals surface area contributed by atoms with Crippen LogP contribution in [0.5, 0.6) is 0 Å². The van der Waals surface area contributed by atoms with Gasteiger partial charge >= 0.3 is 12.0 Å². The summed E-state index contributed by atoms with van der Waals surface area (Å²) in [4.78, 5) is 22.8. The highest BCUT2D eigenvalue weighted by Crippen LogP contribution is 2.21. The lowest BCUT2D eigenvalue weighted by Gasteiger charge is -2.11. The first-order valence-electron chi connectivity index (χ1n) is 6.48. The van der Waals surface area contributed by atoms with Crippen molar-refractivity contribution in [3.05, 3.63) is 28.2 Å². The summed E-state index contributed by atoms with van der Waals surface area (Å²) < 4.78 is 0.706. The second-order valence-electron chi connectivity index (χ2n) is 4.91. The van der Waals surface area contributed by atoms with Gasteiger partial charge in [0.05, 0.1) is 11.3 Å². The van der Waals surface area contributed by atoms with Gasteiger partial charge in [-0.3, -0.25) is 0 Å². The van der Waals surface area contributed by atoms with Crippen molar-refractivity contribution in [3.63, 3.8) is 0 Å². The summed E-state index contributed by atoms with van der Waals surface area (Å²) in [7, 11) is 0. The Bertz CT molecular complexity index is 489. The number of amides is 2. The first-order valence-corrected chi connectivity index (χ1v) is 7.27. The fraction of sp³-hybridized carbons (Fsp3) is 0.429. The molecule has 20 heavy (non-hydrogen) atoms. The number of hydrogen-bond donors (Lipinski definition) is 3. The van der Waals surface area contributed by atoms with E-state index in [0.717, 1.165) is 12.8 Å². The SMILES string of the molecule is CC(C)CCCNC(=O)Nc1cc(Br)ccc1C(=O)O. The molecule has 0 aromatic heterocycles. The molecule has 0 aliphatic heterocycles. The maximum absolute atomic E-state index is 11.7. The third-order valence-corrected chi connectivity index (χ3v) is 3.20. The van der Waals surface area contributed by atoms with E-state index in [9.17, 15) is 9.59 Å². The smallest absolute Gasteiger partial charge is 0.337 e. The van der Waals surface area contributed by atoms with Crippen LogP contribution in [0.2, 0.25) is 0 Å². The van der Waals surface area contributed by atoms with Crippen LogP contribution in [0.3, 0.4) is 0 Å². The van der Waals surface area contributed by atoms with Crippen molar-refractivity contribution in [2.45, 2.75) is 26.7 Å². The lowest BCUT2D eigenvalue weighted by atomic mass is 10.1. The zero-order chi connectivity index (χ0) is 15.1. The number of nitrogens with one attached hydrogen (secondary N) is 2. The van der Waals surface area contributed by atoms with Gasteiger partial charge in [-0.15, -0.1) is 0 Å². The van der Waals surface area contributed by atoms with Crippen LogP contribution >= 0.6 is 15.9 Å². The van der Waals surface area contributed by atoms with E-state index in [4.69, 9.17) is 5.11 Å². The number of carbonyl (C=O) groups excluding carboxylic acids is 1. The fourth-order valence-corrected chi connectivity index (χ4v) is 2.05. The van der Waals surface area contributed by atoms with Gasteiger partial charge in [0.2, 0.25) is 0 Å². The van der Waals surface area contributed by atoms with E-state index in [1.54, 1.807) is 12.1 Å². The predicted molar refractivity (Wildman–Crippen MR) is 82.2 cm³/mol.